The Morgan fingerprint density at radius 3 is 2.92 bits per heavy atom. The number of hydrogen-bond donors (Lipinski definition) is 1. The summed E-state index contributed by atoms with van der Waals surface area (Å²) < 4.78 is 0. The van der Waals surface area contributed by atoms with Gasteiger partial charge in [0.1, 0.15) is 0 Å². The summed E-state index contributed by atoms with van der Waals surface area (Å²) in [5.74, 6) is 0.786. The van der Waals surface area contributed by atoms with Gasteiger partial charge in [-0.15, -0.1) is 0 Å². The summed E-state index contributed by atoms with van der Waals surface area (Å²) in [6, 6.07) is 0.603. The minimum atomic E-state index is 0.139. The van der Waals surface area contributed by atoms with Gasteiger partial charge in [0, 0.05) is 19.1 Å². The first kappa shape index (κ1) is 7.90. The second kappa shape index (κ2) is 2.96. The van der Waals surface area contributed by atoms with Gasteiger partial charge in [-0.05, 0) is 32.1 Å². The third-order valence-corrected chi connectivity index (χ3v) is 2.91. The van der Waals surface area contributed by atoms with E-state index in [9.17, 15) is 4.79 Å². The zero-order valence-electron chi connectivity index (χ0n) is 7.55. The lowest BCUT2D eigenvalue weighted by Gasteiger charge is -2.32. The molecule has 0 aromatic heterocycles. The number of carbonyl (C=O) groups excluding carboxylic acids is 1. The van der Waals surface area contributed by atoms with Crippen LogP contribution in [0.1, 0.15) is 26.2 Å². The molecule has 1 aliphatic heterocycles. The fourth-order valence-corrected chi connectivity index (χ4v) is 1.87. The summed E-state index contributed by atoms with van der Waals surface area (Å²) in [4.78, 5) is 13.4. The Bertz CT molecular complexity index is 189. The minimum absolute atomic E-state index is 0.139. The normalized spacial score (nSPS) is 26.8. The molecule has 0 spiro atoms. The monoisotopic (exact) mass is 168 g/mol. The Balaban J connectivity index is 1.94. The summed E-state index contributed by atoms with van der Waals surface area (Å²) in [5, 5.41) is 2.88. The summed E-state index contributed by atoms with van der Waals surface area (Å²) in [5.41, 5.74) is 0. The van der Waals surface area contributed by atoms with Crippen molar-refractivity contribution in [1.82, 2.24) is 10.2 Å². The summed E-state index contributed by atoms with van der Waals surface area (Å²) in [7, 11) is 0. The predicted molar refractivity (Wildman–Crippen MR) is 46.9 cm³/mol. The van der Waals surface area contributed by atoms with E-state index in [1.54, 1.807) is 0 Å². The van der Waals surface area contributed by atoms with E-state index in [1.165, 1.54) is 12.8 Å². The zero-order chi connectivity index (χ0) is 8.55. The Kier molecular flexibility index (Phi) is 1.95. The van der Waals surface area contributed by atoms with Gasteiger partial charge in [-0.25, -0.2) is 4.79 Å². The molecule has 1 N–H and O–H groups in total. The van der Waals surface area contributed by atoms with Crippen molar-refractivity contribution in [2.24, 2.45) is 5.92 Å². The van der Waals surface area contributed by atoms with E-state index in [0.717, 1.165) is 25.4 Å². The molecule has 1 aliphatic carbocycles. The third-order valence-electron chi connectivity index (χ3n) is 2.91. The Labute approximate surface area is 73.1 Å². The van der Waals surface area contributed by atoms with Crippen molar-refractivity contribution in [3.63, 3.8) is 0 Å². The molecular weight excluding hydrogens is 152 g/mol. The van der Waals surface area contributed by atoms with Crippen LogP contribution >= 0.6 is 0 Å². The van der Waals surface area contributed by atoms with E-state index in [-0.39, 0.29) is 6.03 Å². The molecule has 2 amide bonds. The lowest BCUT2D eigenvalue weighted by molar-refractivity contribution is 0.158. The van der Waals surface area contributed by atoms with Gasteiger partial charge in [-0.3, -0.25) is 0 Å². The summed E-state index contributed by atoms with van der Waals surface area (Å²) >= 11 is 0. The van der Waals surface area contributed by atoms with Gasteiger partial charge in [0.25, 0.3) is 0 Å². The molecule has 0 radical (unpaired) electrons. The first-order valence-electron chi connectivity index (χ1n) is 4.83. The zero-order valence-corrected chi connectivity index (χ0v) is 7.55. The van der Waals surface area contributed by atoms with Crippen LogP contribution in [0.3, 0.4) is 0 Å². The van der Waals surface area contributed by atoms with Gasteiger partial charge in [0.2, 0.25) is 0 Å². The molecule has 2 fully saturated rings. The van der Waals surface area contributed by atoms with Gasteiger partial charge in [-0.1, -0.05) is 0 Å². The third kappa shape index (κ3) is 1.40. The van der Waals surface area contributed by atoms with E-state index >= 15 is 0 Å². The number of hydrogen-bond acceptors (Lipinski definition) is 1. The molecule has 1 atom stereocenters. The predicted octanol–water partition coefficient (Wildman–Crippen LogP) is 1.20. The highest BCUT2D eigenvalue weighted by Crippen LogP contribution is 2.35. The second-order valence-electron chi connectivity index (χ2n) is 3.86. The van der Waals surface area contributed by atoms with Gasteiger partial charge in [-0.2, -0.15) is 0 Å². The van der Waals surface area contributed by atoms with Crippen LogP contribution in [0.25, 0.3) is 0 Å². The SMILES string of the molecule is CC(C1CC1)N1CCCNC1=O. The Morgan fingerprint density at radius 1 is 1.58 bits per heavy atom. The van der Waals surface area contributed by atoms with Gasteiger partial charge in [0.05, 0.1) is 0 Å². The van der Waals surface area contributed by atoms with Crippen molar-refractivity contribution >= 4 is 6.03 Å². The number of rotatable bonds is 2. The van der Waals surface area contributed by atoms with E-state index in [0.29, 0.717) is 6.04 Å². The molecule has 0 bridgehead atoms. The molecule has 0 aromatic carbocycles. The van der Waals surface area contributed by atoms with Crippen LogP contribution in [0.15, 0.2) is 0 Å². The highest BCUT2D eigenvalue weighted by Gasteiger charge is 2.34. The van der Waals surface area contributed by atoms with Crippen LogP contribution < -0.4 is 5.32 Å². The van der Waals surface area contributed by atoms with Gasteiger partial charge in [0.15, 0.2) is 0 Å². The molecule has 68 valence electrons. The van der Waals surface area contributed by atoms with E-state index < -0.39 is 0 Å². The molecule has 3 heteroatoms. The molecule has 2 aliphatic rings. The van der Waals surface area contributed by atoms with Crippen molar-refractivity contribution < 1.29 is 4.79 Å². The lowest BCUT2D eigenvalue weighted by atomic mass is 10.1. The van der Waals surface area contributed by atoms with Crippen molar-refractivity contribution in [2.75, 3.05) is 13.1 Å². The largest absolute Gasteiger partial charge is 0.338 e. The molecule has 12 heavy (non-hydrogen) atoms. The van der Waals surface area contributed by atoms with Crippen LogP contribution in [-0.2, 0) is 0 Å². The quantitative estimate of drug-likeness (QED) is 0.660. The molecule has 1 unspecified atom stereocenters. The van der Waals surface area contributed by atoms with Crippen molar-refractivity contribution in [1.29, 1.82) is 0 Å². The van der Waals surface area contributed by atoms with Crippen LogP contribution in [0.4, 0.5) is 4.79 Å². The average molecular weight is 168 g/mol. The minimum Gasteiger partial charge on any atom is -0.338 e. The first-order valence-corrected chi connectivity index (χ1v) is 4.83. The molecular formula is C9H16N2O. The first-order chi connectivity index (χ1) is 5.79. The smallest absolute Gasteiger partial charge is 0.317 e. The van der Waals surface area contributed by atoms with E-state index in [2.05, 4.69) is 12.2 Å². The molecule has 1 saturated heterocycles. The number of nitrogens with zero attached hydrogens (tertiary/aromatic N) is 1. The number of urea groups is 1. The number of carbonyl (C=O) groups is 1. The summed E-state index contributed by atoms with van der Waals surface area (Å²) in [6.07, 6.45) is 3.72. The molecule has 0 aromatic rings. The average Bonchev–Trinajstić information content (AvgIpc) is 2.86. The van der Waals surface area contributed by atoms with Crippen LogP contribution in [0, 0.1) is 5.92 Å². The lowest BCUT2D eigenvalue weighted by Crippen LogP contribution is -2.50. The van der Waals surface area contributed by atoms with Gasteiger partial charge >= 0.3 is 6.03 Å². The maximum atomic E-state index is 11.4. The maximum absolute atomic E-state index is 11.4. The van der Waals surface area contributed by atoms with Crippen LogP contribution in [0.2, 0.25) is 0 Å². The van der Waals surface area contributed by atoms with Crippen molar-refractivity contribution in [3.8, 4) is 0 Å². The topological polar surface area (TPSA) is 32.3 Å². The molecule has 3 nitrogen and oxygen atoms in total. The Hall–Kier alpha value is -0.730. The Morgan fingerprint density at radius 2 is 2.33 bits per heavy atom. The fraction of sp³-hybridized carbons (Fsp3) is 0.889. The standard InChI is InChI=1S/C9H16N2O/c1-7(8-3-4-8)11-6-2-5-10-9(11)12/h7-8H,2-6H2,1H3,(H,10,12). The van der Waals surface area contributed by atoms with Gasteiger partial charge < -0.3 is 10.2 Å². The highest BCUT2D eigenvalue weighted by atomic mass is 16.2. The van der Waals surface area contributed by atoms with E-state index in [4.69, 9.17) is 0 Å². The van der Waals surface area contributed by atoms with Crippen LogP contribution in [-0.4, -0.2) is 30.1 Å². The molecule has 2 rings (SSSR count). The molecule has 1 saturated carbocycles. The van der Waals surface area contributed by atoms with Crippen molar-refractivity contribution in [2.45, 2.75) is 32.2 Å². The van der Waals surface area contributed by atoms with Crippen molar-refractivity contribution in [3.05, 3.63) is 0 Å². The number of nitrogens with one attached hydrogen (secondary N) is 1. The maximum Gasteiger partial charge on any atom is 0.317 e. The van der Waals surface area contributed by atoms with Crippen LogP contribution in [0.5, 0.6) is 0 Å². The molecule has 1 heterocycles. The fourth-order valence-electron chi connectivity index (χ4n) is 1.87. The highest BCUT2D eigenvalue weighted by molar-refractivity contribution is 5.75. The number of amides is 2. The second-order valence-corrected chi connectivity index (χ2v) is 3.86. The van der Waals surface area contributed by atoms with E-state index in [1.807, 2.05) is 4.90 Å². The summed E-state index contributed by atoms with van der Waals surface area (Å²) in [6.45, 7) is 3.97.